The standard InChI is InChI=1S/C20H30O2/c1-13-3-6-17-16-5-4-14-11-15(22)7-10-20(14,12-21)18(16)8-9-19(13,17)2/h14,16-18,21H,1,3-12H2,2H3/t14-,16+,17+,18+,19-,20-/m1/s1. The molecule has 2 nitrogen and oxygen atoms in total. The molecule has 0 spiro atoms. The van der Waals surface area contributed by atoms with Crippen molar-refractivity contribution in [1.82, 2.24) is 0 Å². The van der Waals surface area contributed by atoms with Gasteiger partial charge in [0.2, 0.25) is 0 Å². The number of Topliss-reactive ketones (excluding diaryl/α,β-unsaturated/α-hetero) is 1. The fourth-order valence-electron chi connectivity index (χ4n) is 7.06. The number of carbonyl (C=O) groups excluding carboxylic acids is 1. The van der Waals surface area contributed by atoms with Gasteiger partial charge in [-0.25, -0.2) is 0 Å². The lowest BCUT2D eigenvalue weighted by atomic mass is 9.45. The zero-order valence-electron chi connectivity index (χ0n) is 13.9. The molecule has 0 aromatic rings. The Morgan fingerprint density at radius 3 is 2.73 bits per heavy atom. The molecular formula is C20H30O2. The van der Waals surface area contributed by atoms with Crippen molar-refractivity contribution in [3.05, 3.63) is 12.2 Å². The number of ketones is 1. The van der Waals surface area contributed by atoms with Gasteiger partial charge in [0.15, 0.2) is 0 Å². The van der Waals surface area contributed by atoms with Gasteiger partial charge in [0.25, 0.3) is 0 Å². The maximum atomic E-state index is 11.9. The first kappa shape index (κ1) is 14.9. The largest absolute Gasteiger partial charge is 0.396 e. The summed E-state index contributed by atoms with van der Waals surface area (Å²) < 4.78 is 0. The highest BCUT2D eigenvalue weighted by Crippen LogP contribution is 2.66. The van der Waals surface area contributed by atoms with Crippen molar-refractivity contribution in [3.63, 3.8) is 0 Å². The van der Waals surface area contributed by atoms with Crippen LogP contribution in [0.5, 0.6) is 0 Å². The van der Waals surface area contributed by atoms with Gasteiger partial charge in [0.1, 0.15) is 5.78 Å². The first-order chi connectivity index (χ1) is 10.5. The SMILES string of the molecule is C=C1CC[C@H]2[C@@H]3CC[C@@H]4CC(=O)CC[C@]4(CO)[C@H]3CC[C@]12C. The molecule has 22 heavy (non-hydrogen) atoms. The molecule has 0 radical (unpaired) electrons. The minimum absolute atomic E-state index is 0.0576. The summed E-state index contributed by atoms with van der Waals surface area (Å²) in [6, 6.07) is 0. The van der Waals surface area contributed by atoms with Crippen molar-refractivity contribution in [2.75, 3.05) is 6.61 Å². The zero-order chi connectivity index (χ0) is 15.5. The van der Waals surface area contributed by atoms with Gasteiger partial charge >= 0.3 is 0 Å². The summed E-state index contributed by atoms with van der Waals surface area (Å²) >= 11 is 0. The Hall–Kier alpha value is -0.630. The maximum absolute atomic E-state index is 11.9. The fourth-order valence-corrected chi connectivity index (χ4v) is 7.06. The van der Waals surface area contributed by atoms with E-state index in [0.29, 0.717) is 36.1 Å². The summed E-state index contributed by atoms with van der Waals surface area (Å²) in [6.45, 7) is 7.13. The van der Waals surface area contributed by atoms with Gasteiger partial charge in [-0.2, -0.15) is 0 Å². The third-order valence-corrected chi connectivity index (χ3v) is 8.43. The number of allylic oxidation sites excluding steroid dienone is 1. The molecule has 0 aromatic heterocycles. The van der Waals surface area contributed by atoms with Crippen LogP contribution in [0.4, 0.5) is 0 Å². The number of hydrogen-bond acceptors (Lipinski definition) is 2. The Bertz CT molecular complexity index is 510. The number of carbonyl (C=O) groups is 1. The number of aliphatic hydroxyl groups excluding tert-OH is 1. The molecule has 122 valence electrons. The maximum Gasteiger partial charge on any atom is 0.133 e. The number of aliphatic hydroxyl groups is 1. The van der Waals surface area contributed by atoms with E-state index in [4.69, 9.17) is 0 Å². The summed E-state index contributed by atoms with van der Waals surface area (Å²) in [4.78, 5) is 11.9. The second-order valence-corrected chi connectivity index (χ2v) is 8.88. The van der Waals surface area contributed by atoms with E-state index >= 15 is 0 Å². The first-order valence-corrected chi connectivity index (χ1v) is 9.32. The third-order valence-electron chi connectivity index (χ3n) is 8.43. The van der Waals surface area contributed by atoms with Crippen LogP contribution in [0.3, 0.4) is 0 Å². The molecule has 0 bridgehead atoms. The minimum Gasteiger partial charge on any atom is -0.396 e. The molecule has 4 saturated carbocycles. The van der Waals surface area contributed by atoms with Crippen molar-refractivity contribution < 1.29 is 9.90 Å². The third kappa shape index (κ3) is 1.79. The van der Waals surface area contributed by atoms with Crippen LogP contribution in [-0.2, 0) is 4.79 Å². The van der Waals surface area contributed by atoms with Crippen molar-refractivity contribution >= 4 is 5.78 Å². The van der Waals surface area contributed by atoms with Gasteiger partial charge in [-0.05, 0) is 74.0 Å². The Morgan fingerprint density at radius 1 is 1.14 bits per heavy atom. The van der Waals surface area contributed by atoms with Gasteiger partial charge in [0.05, 0.1) is 0 Å². The molecule has 4 rings (SSSR count). The molecule has 1 N–H and O–H groups in total. The van der Waals surface area contributed by atoms with Gasteiger partial charge in [-0.15, -0.1) is 0 Å². The van der Waals surface area contributed by atoms with E-state index < -0.39 is 0 Å². The van der Waals surface area contributed by atoms with E-state index in [1.54, 1.807) is 0 Å². The van der Waals surface area contributed by atoms with Crippen LogP contribution in [0.2, 0.25) is 0 Å². The lowest BCUT2D eigenvalue weighted by Gasteiger charge is -2.60. The topological polar surface area (TPSA) is 37.3 Å². The monoisotopic (exact) mass is 302 g/mol. The van der Waals surface area contributed by atoms with E-state index in [1.165, 1.54) is 37.7 Å². The van der Waals surface area contributed by atoms with Crippen molar-refractivity contribution in [1.29, 1.82) is 0 Å². The van der Waals surface area contributed by atoms with Crippen molar-refractivity contribution in [2.24, 2.45) is 34.5 Å². The highest BCUT2D eigenvalue weighted by Gasteiger charge is 2.60. The van der Waals surface area contributed by atoms with E-state index in [0.717, 1.165) is 31.1 Å². The minimum atomic E-state index is 0.0576. The van der Waals surface area contributed by atoms with Crippen LogP contribution in [0, 0.1) is 34.5 Å². The summed E-state index contributed by atoms with van der Waals surface area (Å²) in [7, 11) is 0. The molecule has 0 amide bonds. The Kier molecular flexibility index (Phi) is 3.35. The first-order valence-electron chi connectivity index (χ1n) is 9.32. The lowest BCUT2D eigenvalue weighted by molar-refractivity contribution is -0.148. The van der Waals surface area contributed by atoms with E-state index in [-0.39, 0.29) is 5.41 Å². The van der Waals surface area contributed by atoms with E-state index in [2.05, 4.69) is 13.5 Å². The second-order valence-electron chi connectivity index (χ2n) is 8.88. The molecular weight excluding hydrogens is 272 g/mol. The molecule has 2 heteroatoms. The lowest BCUT2D eigenvalue weighted by Crippen LogP contribution is -2.55. The van der Waals surface area contributed by atoms with Crippen LogP contribution in [0.25, 0.3) is 0 Å². The van der Waals surface area contributed by atoms with Gasteiger partial charge in [-0.3, -0.25) is 4.79 Å². The fraction of sp³-hybridized carbons (Fsp3) is 0.850. The molecule has 4 fully saturated rings. The normalized spacial score (nSPS) is 51.2. The predicted molar refractivity (Wildman–Crippen MR) is 87.3 cm³/mol. The molecule has 0 unspecified atom stereocenters. The molecule has 0 heterocycles. The number of hydrogen-bond donors (Lipinski definition) is 1. The quantitative estimate of drug-likeness (QED) is 0.740. The smallest absolute Gasteiger partial charge is 0.133 e. The predicted octanol–water partition coefficient (Wildman–Crippen LogP) is 4.13. The average Bonchev–Trinajstić information content (AvgIpc) is 2.82. The average molecular weight is 302 g/mol. The summed E-state index contributed by atoms with van der Waals surface area (Å²) in [6.07, 6.45) is 9.82. The molecule has 0 saturated heterocycles. The van der Waals surface area contributed by atoms with Crippen LogP contribution in [-0.4, -0.2) is 17.5 Å². The Labute approximate surface area is 134 Å². The Balaban J connectivity index is 1.68. The van der Waals surface area contributed by atoms with Crippen LogP contribution in [0.15, 0.2) is 12.2 Å². The summed E-state index contributed by atoms with van der Waals surface area (Å²) in [5, 5.41) is 10.3. The van der Waals surface area contributed by atoms with Gasteiger partial charge in [0, 0.05) is 24.9 Å². The number of fused-ring (bicyclic) bond motifs is 5. The summed E-state index contributed by atoms with van der Waals surface area (Å²) in [5.41, 5.74) is 1.90. The van der Waals surface area contributed by atoms with Crippen molar-refractivity contribution in [2.45, 2.75) is 64.7 Å². The van der Waals surface area contributed by atoms with Gasteiger partial charge < -0.3 is 5.11 Å². The molecule has 0 aliphatic heterocycles. The van der Waals surface area contributed by atoms with E-state index in [1.807, 2.05) is 0 Å². The highest BCUT2D eigenvalue weighted by molar-refractivity contribution is 5.79. The van der Waals surface area contributed by atoms with Crippen LogP contribution < -0.4 is 0 Å². The van der Waals surface area contributed by atoms with E-state index in [9.17, 15) is 9.90 Å². The highest BCUT2D eigenvalue weighted by atomic mass is 16.3. The number of rotatable bonds is 1. The molecule has 4 aliphatic rings. The molecule has 0 aromatic carbocycles. The Morgan fingerprint density at radius 2 is 1.95 bits per heavy atom. The van der Waals surface area contributed by atoms with Crippen LogP contribution >= 0.6 is 0 Å². The summed E-state index contributed by atoms with van der Waals surface area (Å²) in [5.74, 6) is 3.07. The zero-order valence-corrected chi connectivity index (χ0v) is 13.9. The van der Waals surface area contributed by atoms with Crippen LogP contribution in [0.1, 0.15) is 64.7 Å². The van der Waals surface area contributed by atoms with Crippen molar-refractivity contribution in [3.8, 4) is 0 Å². The second kappa shape index (κ2) is 4.93. The molecule has 4 aliphatic carbocycles. The van der Waals surface area contributed by atoms with Gasteiger partial charge in [-0.1, -0.05) is 19.1 Å². The molecule has 6 atom stereocenters.